The number of hydrogen-bond acceptors (Lipinski definition) is 4. The molecule has 0 bridgehead atoms. The zero-order valence-corrected chi connectivity index (χ0v) is 12.4. The fourth-order valence-electron chi connectivity index (χ4n) is 1.73. The van der Waals surface area contributed by atoms with Crippen LogP contribution in [0.5, 0.6) is 0 Å². The van der Waals surface area contributed by atoms with Crippen molar-refractivity contribution in [2.24, 2.45) is 5.73 Å². The molecule has 0 atom stereocenters. The van der Waals surface area contributed by atoms with Gasteiger partial charge in [0, 0.05) is 17.1 Å². The van der Waals surface area contributed by atoms with Gasteiger partial charge in [0.2, 0.25) is 0 Å². The maximum atomic E-state index is 13.0. The van der Waals surface area contributed by atoms with Gasteiger partial charge >= 0.3 is 0 Å². The van der Waals surface area contributed by atoms with E-state index in [0.29, 0.717) is 10.1 Å². The first kappa shape index (κ1) is 15.6. The van der Waals surface area contributed by atoms with Gasteiger partial charge in [-0.3, -0.25) is 4.79 Å². The van der Waals surface area contributed by atoms with Crippen LogP contribution >= 0.6 is 23.5 Å². The first-order valence-electron chi connectivity index (χ1n) is 6.21. The molecule has 1 aliphatic heterocycles. The van der Waals surface area contributed by atoms with Crippen molar-refractivity contribution in [1.82, 2.24) is 5.32 Å². The number of alkyl halides is 2. The van der Waals surface area contributed by atoms with E-state index in [1.54, 1.807) is 12.1 Å². The minimum Gasteiger partial charge on any atom is -0.346 e. The van der Waals surface area contributed by atoms with Gasteiger partial charge < -0.3 is 11.1 Å². The van der Waals surface area contributed by atoms with Gasteiger partial charge in [0.05, 0.1) is 17.7 Å². The lowest BCUT2D eigenvalue weighted by Crippen LogP contribution is -2.41. The lowest BCUT2D eigenvalue weighted by atomic mass is 10.1. The van der Waals surface area contributed by atoms with E-state index in [2.05, 4.69) is 5.32 Å². The number of nitrogens with two attached hydrogens (primary N) is 1. The molecule has 1 heterocycles. The van der Waals surface area contributed by atoms with E-state index in [9.17, 15) is 13.6 Å². The number of carbonyl (C=O) groups is 1. The quantitative estimate of drug-likeness (QED) is 0.876. The van der Waals surface area contributed by atoms with Crippen molar-refractivity contribution in [1.29, 1.82) is 0 Å². The first-order valence-corrected chi connectivity index (χ1v) is 8.31. The Morgan fingerprint density at radius 1 is 1.30 bits per heavy atom. The Morgan fingerprint density at radius 3 is 2.45 bits per heavy atom. The standard InChI is InChI=1S/C13H16F2N2OS2/c14-13(15,7-16)8-17-11(18)9-1-3-10(4-2-9)12-19-5-6-20-12/h1-4,12H,5-8,16H2,(H,17,18). The minimum absolute atomic E-state index is 0.384. The van der Waals surface area contributed by atoms with Crippen molar-refractivity contribution in [2.75, 3.05) is 24.6 Å². The molecule has 1 fully saturated rings. The first-order chi connectivity index (χ1) is 9.52. The van der Waals surface area contributed by atoms with Gasteiger partial charge in [-0.25, -0.2) is 8.78 Å². The van der Waals surface area contributed by atoms with Gasteiger partial charge in [0.25, 0.3) is 11.8 Å². The van der Waals surface area contributed by atoms with E-state index < -0.39 is 24.9 Å². The topological polar surface area (TPSA) is 55.1 Å². The summed E-state index contributed by atoms with van der Waals surface area (Å²) in [7, 11) is 0. The van der Waals surface area contributed by atoms with Crippen LogP contribution in [0.4, 0.5) is 8.78 Å². The maximum Gasteiger partial charge on any atom is 0.277 e. The van der Waals surface area contributed by atoms with Gasteiger partial charge in [0.15, 0.2) is 0 Å². The molecule has 0 aromatic heterocycles. The molecule has 0 radical (unpaired) electrons. The fraction of sp³-hybridized carbons (Fsp3) is 0.462. The van der Waals surface area contributed by atoms with Crippen LogP contribution < -0.4 is 11.1 Å². The molecular formula is C13H16F2N2OS2. The molecule has 0 saturated carbocycles. The van der Waals surface area contributed by atoms with E-state index in [4.69, 9.17) is 5.73 Å². The van der Waals surface area contributed by atoms with Crippen molar-refractivity contribution < 1.29 is 13.6 Å². The highest BCUT2D eigenvalue weighted by Gasteiger charge is 2.27. The average Bonchev–Trinajstić information content (AvgIpc) is 2.99. The van der Waals surface area contributed by atoms with Crippen LogP contribution in [-0.2, 0) is 0 Å². The summed E-state index contributed by atoms with van der Waals surface area (Å²) in [6.07, 6.45) is 0. The summed E-state index contributed by atoms with van der Waals surface area (Å²) in [6, 6.07) is 7.10. The monoisotopic (exact) mass is 318 g/mol. The number of benzene rings is 1. The predicted octanol–water partition coefficient (Wildman–Crippen LogP) is 2.49. The Hall–Kier alpha value is -0.790. The van der Waals surface area contributed by atoms with Crippen molar-refractivity contribution in [3.8, 4) is 0 Å². The van der Waals surface area contributed by atoms with Crippen LogP contribution in [0, 0.1) is 0 Å². The fourth-order valence-corrected chi connectivity index (χ4v) is 4.59. The highest BCUT2D eigenvalue weighted by molar-refractivity contribution is 8.19. The van der Waals surface area contributed by atoms with Gasteiger partial charge in [-0.15, -0.1) is 23.5 Å². The molecule has 2 rings (SSSR count). The third kappa shape index (κ3) is 4.10. The van der Waals surface area contributed by atoms with Crippen LogP contribution in [0.25, 0.3) is 0 Å². The van der Waals surface area contributed by atoms with Gasteiger partial charge in [-0.1, -0.05) is 12.1 Å². The lowest BCUT2D eigenvalue weighted by molar-refractivity contribution is 0.0118. The average molecular weight is 318 g/mol. The predicted molar refractivity (Wildman–Crippen MR) is 80.4 cm³/mol. The lowest BCUT2D eigenvalue weighted by Gasteiger charge is -2.14. The molecule has 1 aromatic rings. The minimum atomic E-state index is -3.06. The third-order valence-electron chi connectivity index (χ3n) is 2.87. The van der Waals surface area contributed by atoms with Crippen LogP contribution in [-0.4, -0.2) is 36.4 Å². The van der Waals surface area contributed by atoms with Crippen LogP contribution in [0.15, 0.2) is 24.3 Å². The molecule has 0 spiro atoms. The Balaban J connectivity index is 1.93. The summed E-state index contributed by atoms with van der Waals surface area (Å²) in [6.45, 7) is -1.51. The van der Waals surface area contributed by atoms with E-state index in [1.165, 1.54) is 0 Å². The van der Waals surface area contributed by atoms with Gasteiger partial charge in [-0.2, -0.15) is 0 Å². The second-order valence-corrected chi connectivity index (χ2v) is 7.16. The highest BCUT2D eigenvalue weighted by Crippen LogP contribution is 2.45. The van der Waals surface area contributed by atoms with E-state index in [-0.39, 0.29) is 0 Å². The zero-order chi connectivity index (χ0) is 14.6. The summed E-state index contributed by atoms with van der Waals surface area (Å²) >= 11 is 3.75. The molecule has 1 aromatic carbocycles. The number of carbonyl (C=O) groups excluding carboxylic acids is 1. The SMILES string of the molecule is NCC(F)(F)CNC(=O)c1ccc(C2SCCS2)cc1. The largest absolute Gasteiger partial charge is 0.346 e. The van der Waals surface area contributed by atoms with Crippen molar-refractivity contribution >= 4 is 29.4 Å². The number of halogens is 2. The van der Waals surface area contributed by atoms with E-state index >= 15 is 0 Å². The molecule has 7 heteroatoms. The molecule has 0 aliphatic carbocycles. The molecule has 1 aliphatic rings. The Bertz CT molecular complexity index is 462. The van der Waals surface area contributed by atoms with Crippen LogP contribution in [0.1, 0.15) is 20.5 Å². The molecule has 0 unspecified atom stereocenters. The summed E-state index contributed by atoms with van der Waals surface area (Å²) in [5, 5.41) is 2.20. The zero-order valence-electron chi connectivity index (χ0n) is 10.8. The summed E-state index contributed by atoms with van der Waals surface area (Å²) < 4.78 is 26.3. The van der Waals surface area contributed by atoms with Crippen molar-refractivity contribution in [3.63, 3.8) is 0 Å². The Kier molecular flexibility index (Phi) is 5.29. The second-order valence-electron chi connectivity index (χ2n) is 4.44. The smallest absolute Gasteiger partial charge is 0.277 e. The van der Waals surface area contributed by atoms with Crippen molar-refractivity contribution in [3.05, 3.63) is 35.4 Å². The third-order valence-corrected chi connectivity index (χ3v) is 5.98. The molecule has 1 saturated heterocycles. The summed E-state index contributed by atoms with van der Waals surface area (Å²) in [4.78, 5) is 11.7. The van der Waals surface area contributed by atoms with Crippen LogP contribution in [0.3, 0.4) is 0 Å². The highest BCUT2D eigenvalue weighted by atomic mass is 32.2. The van der Waals surface area contributed by atoms with Gasteiger partial charge in [0.1, 0.15) is 0 Å². The van der Waals surface area contributed by atoms with E-state index in [1.807, 2.05) is 35.7 Å². The van der Waals surface area contributed by atoms with Crippen LogP contribution in [0.2, 0.25) is 0 Å². The second kappa shape index (κ2) is 6.78. The summed E-state index contributed by atoms with van der Waals surface area (Å²) in [5.41, 5.74) is 6.45. The molecule has 3 N–H and O–H groups in total. The van der Waals surface area contributed by atoms with Crippen molar-refractivity contribution in [2.45, 2.75) is 10.5 Å². The maximum absolute atomic E-state index is 13.0. The number of nitrogens with one attached hydrogen (secondary N) is 1. The molecule has 1 amide bonds. The number of hydrogen-bond donors (Lipinski definition) is 2. The number of thioether (sulfide) groups is 2. The summed E-state index contributed by atoms with van der Waals surface area (Å²) in [5.74, 6) is -1.30. The Morgan fingerprint density at radius 2 is 1.90 bits per heavy atom. The van der Waals surface area contributed by atoms with E-state index in [0.717, 1.165) is 17.1 Å². The molecule has 20 heavy (non-hydrogen) atoms. The number of amides is 1. The molecule has 110 valence electrons. The molecular weight excluding hydrogens is 302 g/mol. The van der Waals surface area contributed by atoms with Gasteiger partial charge in [-0.05, 0) is 17.7 Å². The Labute approximate surface area is 125 Å². The normalized spacial score (nSPS) is 16.4. The number of rotatable bonds is 5. The molecule has 3 nitrogen and oxygen atoms in total.